The number of carboxylic acid groups (broad SMARTS) is 1. The summed E-state index contributed by atoms with van der Waals surface area (Å²) >= 11 is 1.68. The van der Waals surface area contributed by atoms with Crippen LogP contribution in [0.3, 0.4) is 0 Å². The summed E-state index contributed by atoms with van der Waals surface area (Å²) in [6.45, 7) is 25.7. The number of ether oxygens (including phenoxy) is 8. The molecule has 572 valence electrons. The highest BCUT2D eigenvalue weighted by Gasteiger charge is 2.49. The maximum Gasteiger partial charge on any atom is 0.516 e. The molecule has 35 heteroatoms. The molecule has 103 heavy (non-hydrogen) atoms. The minimum Gasteiger partial charge on any atom is -0.481 e. The molecule has 4 aromatic rings. The number of likely N-dealkylation sites (tertiary alicyclic amines) is 3. The van der Waals surface area contributed by atoms with E-state index < -0.39 is 129 Å². The molecule has 0 aliphatic carbocycles. The molecule has 0 radical (unpaired) electrons. The van der Waals surface area contributed by atoms with Gasteiger partial charge in [-0.1, -0.05) is 26.0 Å². The standard InChI is InChI=1S/C24H28FN3O6.C18H29NO8.C13H21NO6.C11H9FN2O.CH3BFI.CH5N.H2O/c1-5-33-22(31)17-14-27(23(32)34-24(2,3)4)13-16(17)21(30)26-19-10-9-15(12-18(19)25)28-11-7-6-8-20(28)29;1-7-24-14(20)12-8-19(16(22)27-18(4,5)6)9-13(12)15(21)26-17(23)25-10-11(2)3;1-5-19-11(17)9-7-14(6-8(9)10(15)16)12(18)20-13(2,3)4;12-9-7-8(4-5-10(9)13)14-6-2-1-3-11(14)15;1-2(3)4;1-2;/h6-12,16-17H,5,13-14H2,1-4H3,(H,26,30);11-13H,7-10H2,1-6H3;8-9H,5-7H2,1-4H3,(H,15,16);1-7H,13H2;1H3;2H2,1H3;1H2/t16-,17-;12-,13-;8-,9-;;;;/m000..../s1. The summed E-state index contributed by atoms with van der Waals surface area (Å²) in [7, 11) is 1.50. The first-order valence-corrected chi connectivity index (χ1v) is 33.7. The average Bonchev–Trinajstić information content (AvgIpc) is 1.77. The molecule has 3 aliphatic rings. The van der Waals surface area contributed by atoms with Gasteiger partial charge in [0.2, 0.25) is 5.91 Å². The lowest BCUT2D eigenvalue weighted by Crippen LogP contribution is -2.36. The Morgan fingerprint density at radius 3 is 1.24 bits per heavy atom. The summed E-state index contributed by atoms with van der Waals surface area (Å²) in [6, 6.07) is 17.5. The van der Waals surface area contributed by atoms with E-state index in [1.807, 2.05) is 13.8 Å². The molecule has 0 unspecified atom stereocenters. The number of rotatable bonds is 14. The summed E-state index contributed by atoms with van der Waals surface area (Å²) in [5, 5.41) is 11.6. The number of halogens is 4. The number of aromatic nitrogens is 2. The third kappa shape index (κ3) is 31.5. The van der Waals surface area contributed by atoms with Crippen molar-refractivity contribution >= 4 is 98.8 Å². The fourth-order valence-electron chi connectivity index (χ4n) is 9.41. The second-order valence-electron chi connectivity index (χ2n) is 26.0. The quantitative estimate of drug-likeness (QED) is 0.0230. The molecule has 2 aromatic heterocycles. The van der Waals surface area contributed by atoms with Crippen molar-refractivity contribution in [3.05, 3.63) is 118 Å². The number of esters is 4. The monoisotopic (exact) mass is 1570 g/mol. The summed E-state index contributed by atoms with van der Waals surface area (Å²) in [5.74, 6) is -11.4. The van der Waals surface area contributed by atoms with Crippen LogP contribution in [-0.4, -0.2) is 189 Å². The van der Waals surface area contributed by atoms with Gasteiger partial charge in [0.25, 0.3) is 11.1 Å². The number of nitrogen functional groups attached to an aromatic ring is 1. The van der Waals surface area contributed by atoms with E-state index in [4.69, 9.17) is 44.0 Å². The van der Waals surface area contributed by atoms with Crippen LogP contribution in [0.5, 0.6) is 0 Å². The molecular weight excluding hydrogens is 1480 g/mol. The van der Waals surface area contributed by atoms with Crippen LogP contribution in [0.4, 0.5) is 43.6 Å². The van der Waals surface area contributed by atoms with Gasteiger partial charge in [-0.3, -0.25) is 47.5 Å². The molecule has 3 fully saturated rings. The predicted octanol–water partition coefficient (Wildman–Crippen LogP) is 8.26. The van der Waals surface area contributed by atoms with Crippen molar-refractivity contribution in [3.8, 4) is 11.4 Å². The molecule has 2 aromatic carbocycles. The first-order chi connectivity index (χ1) is 47.5. The molecule has 3 aliphatic heterocycles. The molecule has 30 nitrogen and oxygen atoms in total. The van der Waals surface area contributed by atoms with Crippen LogP contribution >= 0.6 is 22.4 Å². The van der Waals surface area contributed by atoms with Gasteiger partial charge >= 0.3 is 59.1 Å². The second-order valence-corrected chi connectivity index (χ2v) is 27.7. The van der Waals surface area contributed by atoms with Crippen LogP contribution in [0.2, 0.25) is 6.82 Å². The molecule has 8 N–H and O–H groups in total. The Morgan fingerprint density at radius 1 is 0.563 bits per heavy atom. The van der Waals surface area contributed by atoms with Gasteiger partial charge in [-0.05, 0) is 139 Å². The minimum absolute atomic E-state index is 0. The van der Waals surface area contributed by atoms with E-state index >= 15 is 0 Å². The number of nitrogens with two attached hydrogens (primary N) is 2. The van der Waals surface area contributed by atoms with Gasteiger partial charge in [0.05, 0.1) is 84.7 Å². The number of carbonyl (C=O) groups is 10. The maximum atomic E-state index is 14.8. The van der Waals surface area contributed by atoms with Crippen LogP contribution in [0.1, 0.15) is 96.9 Å². The summed E-state index contributed by atoms with van der Waals surface area (Å²) in [6.07, 6.45) is 0.0223. The van der Waals surface area contributed by atoms with Crippen molar-refractivity contribution in [2.24, 2.45) is 47.2 Å². The number of aliphatic carboxylic acids is 1. The Morgan fingerprint density at radius 2 is 0.903 bits per heavy atom. The van der Waals surface area contributed by atoms with E-state index in [0.29, 0.717) is 11.4 Å². The zero-order chi connectivity index (χ0) is 77.7. The molecule has 5 heterocycles. The molecular formula is C68H97BF3IN8O22. The van der Waals surface area contributed by atoms with E-state index in [-0.39, 0.29) is 99.6 Å². The highest BCUT2D eigenvalue weighted by Crippen LogP contribution is 2.31. The van der Waals surface area contributed by atoms with Gasteiger partial charge in [0, 0.05) is 75.9 Å². The summed E-state index contributed by atoms with van der Waals surface area (Å²) < 4.78 is 81.8. The number of hydrogen-bond donors (Lipinski definition) is 4. The number of amides is 4. The molecule has 3 saturated heterocycles. The van der Waals surface area contributed by atoms with Gasteiger partial charge in [0.1, 0.15) is 28.4 Å². The average molecular weight is 1570 g/mol. The lowest BCUT2D eigenvalue weighted by Gasteiger charge is -2.24. The lowest BCUT2D eigenvalue weighted by molar-refractivity contribution is -0.156. The van der Waals surface area contributed by atoms with E-state index in [0.717, 1.165) is 6.07 Å². The number of nitrogens with one attached hydrogen (secondary N) is 1. The SMILES string of the molecule is CB(F)I.CCOC(=O)[C@H]1CN(C(=O)OC(C)(C)C)C[C@@H]1C(=O)Nc1ccc(-n2ccccc2=O)cc1F.CCOC(=O)[C@H]1CN(C(=O)OC(C)(C)C)C[C@@H]1C(=O)O.CCOC(=O)[C@H]1CN(C(=O)OC(C)(C)C)C[C@@H]1C(=O)OC(=O)OCC(C)C.CN.Nc1ccc(-n2ccccc2=O)cc1F.O. The van der Waals surface area contributed by atoms with Gasteiger partial charge in [0.15, 0.2) is 0 Å². The van der Waals surface area contributed by atoms with E-state index in [1.165, 1.54) is 80.3 Å². The van der Waals surface area contributed by atoms with E-state index in [1.54, 1.807) is 142 Å². The zero-order valence-electron chi connectivity index (χ0n) is 60.8. The number of hydrogen-bond acceptors (Lipinski definition) is 22. The predicted molar refractivity (Wildman–Crippen MR) is 382 cm³/mol. The Bertz CT molecular complexity index is 3620. The highest BCUT2D eigenvalue weighted by molar-refractivity contribution is 14.1. The topological polar surface area (TPSA) is 414 Å². The molecule has 7 rings (SSSR count). The van der Waals surface area contributed by atoms with Crippen LogP contribution in [0, 0.1) is 53.1 Å². The van der Waals surface area contributed by atoms with Crippen LogP contribution in [-0.2, 0) is 66.7 Å². The summed E-state index contributed by atoms with van der Waals surface area (Å²) in [4.78, 5) is 148. The second kappa shape index (κ2) is 43.0. The van der Waals surface area contributed by atoms with E-state index in [2.05, 4.69) is 15.8 Å². The Hall–Kier alpha value is -9.26. The fourth-order valence-corrected chi connectivity index (χ4v) is 9.41. The van der Waals surface area contributed by atoms with Crippen molar-refractivity contribution in [3.63, 3.8) is 0 Å². The minimum atomic E-state index is -1.13. The molecule has 6 atom stereocenters. The number of carboxylic acids is 1. The number of benzene rings is 2. The number of pyridine rings is 2. The van der Waals surface area contributed by atoms with Crippen molar-refractivity contribution in [2.75, 3.05) is 83.8 Å². The van der Waals surface area contributed by atoms with Gasteiger partial charge in [-0.2, -0.15) is 0 Å². The lowest BCUT2D eigenvalue weighted by atomic mass is 9.95. The number of anilines is 2. The third-order valence-corrected chi connectivity index (χ3v) is 13.8. The molecule has 0 saturated carbocycles. The van der Waals surface area contributed by atoms with E-state index in [9.17, 15) is 70.6 Å². The Balaban J connectivity index is 0.000000690. The van der Waals surface area contributed by atoms with Gasteiger partial charge < -0.3 is 84.3 Å². The number of carbonyl (C=O) groups excluding carboxylic acids is 9. The Kier molecular flexibility index (Phi) is 38.3. The fraction of sp³-hybridized carbons (Fsp3) is 0.529. The zero-order valence-corrected chi connectivity index (χ0v) is 62.9. The largest absolute Gasteiger partial charge is 0.516 e. The molecule has 0 bridgehead atoms. The maximum absolute atomic E-state index is 14.8. The van der Waals surface area contributed by atoms with Crippen LogP contribution < -0.4 is 27.9 Å². The smallest absolute Gasteiger partial charge is 0.481 e. The van der Waals surface area contributed by atoms with Crippen molar-refractivity contribution in [1.82, 2.24) is 23.8 Å². The van der Waals surface area contributed by atoms with Gasteiger partial charge in [-0.25, -0.2) is 28.0 Å². The third-order valence-electron chi connectivity index (χ3n) is 13.8. The van der Waals surface area contributed by atoms with Crippen LogP contribution in [0.15, 0.2) is 94.8 Å². The van der Waals surface area contributed by atoms with Crippen molar-refractivity contribution in [1.29, 1.82) is 0 Å². The highest BCUT2D eigenvalue weighted by atomic mass is 127. The Labute approximate surface area is 609 Å². The van der Waals surface area contributed by atoms with Crippen LogP contribution in [0.25, 0.3) is 11.4 Å². The van der Waals surface area contributed by atoms with Gasteiger partial charge in [-0.15, -0.1) is 22.4 Å². The van der Waals surface area contributed by atoms with Crippen molar-refractivity contribution < 1.29 is 110 Å². The molecule has 4 amide bonds. The summed E-state index contributed by atoms with van der Waals surface area (Å²) in [5.41, 5.74) is 7.88. The first kappa shape index (κ1) is 91.8. The normalized spacial score (nSPS) is 17.2. The number of nitrogens with zero attached hydrogens (tertiary/aromatic N) is 5. The van der Waals surface area contributed by atoms with Crippen molar-refractivity contribution in [2.45, 2.75) is 121 Å². The molecule has 0 spiro atoms. The first-order valence-electron chi connectivity index (χ1n) is 32.4.